The van der Waals surface area contributed by atoms with Crippen LogP contribution in [0.25, 0.3) is 0 Å². The average Bonchev–Trinajstić information content (AvgIpc) is 3.32. The van der Waals surface area contributed by atoms with E-state index in [1.54, 1.807) is 0 Å². The van der Waals surface area contributed by atoms with Gasteiger partial charge in [0.1, 0.15) is 0 Å². The summed E-state index contributed by atoms with van der Waals surface area (Å²) in [7, 11) is 0. The van der Waals surface area contributed by atoms with Crippen molar-refractivity contribution in [2.45, 2.75) is 180 Å². The largest absolute Gasteiger partial charge is 0.0798 e. The van der Waals surface area contributed by atoms with Gasteiger partial charge in [-0.3, -0.25) is 0 Å². The highest BCUT2D eigenvalue weighted by atomic mass is 14.0. The van der Waals surface area contributed by atoms with Gasteiger partial charge in [0.15, 0.2) is 0 Å². The lowest BCUT2D eigenvalue weighted by molar-refractivity contribution is 0.516. The predicted molar refractivity (Wildman–Crippen MR) is 146 cm³/mol. The molecule has 1 aliphatic carbocycles. The first kappa shape index (κ1) is 29.5. The molecule has 0 fully saturated rings. The van der Waals surface area contributed by atoms with E-state index in [0.29, 0.717) is 0 Å². The Bertz CT molecular complexity index is 416. The number of unbranched alkanes of at least 4 members (excludes halogenated alkanes) is 24. The minimum Gasteiger partial charge on any atom is -0.0798 e. The van der Waals surface area contributed by atoms with Crippen LogP contribution in [-0.4, -0.2) is 0 Å². The van der Waals surface area contributed by atoms with Crippen molar-refractivity contribution >= 4 is 0 Å². The fourth-order valence-electron chi connectivity index (χ4n) is 5.08. The second-order valence-corrected chi connectivity index (χ2v) is 10.5. The zero-order chi connectivity index (χ0) is 22.8. The molecule has 0 aromatic rings. The van der Waals surface area contributed by atoms with Crippen molar-refractivity contribution in [2.24, 2.45) is 0 Å². The topological polar surface area (TPSA) is 0 Å². The van der Waals surface area contributed by atoms with Crippen LogP contribution in [0.4, 0.5) is 0 Å². The third kappa shape index (κ3) is 21.3. The Hall–Kier alpha value is -0.520. The van der Waals surface area contributed by atoms with E-state index in [1.807, 2.05) is 0 Å². The van der Waals surface area contributed by atoms with Crippen LogP contribution in [0.5, 0.6) is 0 Å². The molecule has 0 N–H and O–H groups in total. The van der Waals surface area contributed by atoms with E-state index >= 15 is 0 Å². The molecule has 32 heavy (non-hydrogen) atoms. The van der Waals surface area contributed by atoms with Gasteiger partial charge >= 0.3 is 0 Å². The summed E-state index contributed by atoms with van der Waals surface area (Å²) in [4.78, 5) is 0. The summed E-state index contributed by atoms with van der Waals surface area (Å²) in [5, 5.41) is 0. The predicted octanol–water partition coefficient (Wildman–Crippen LogP) is 11.8. The van der Waals surface area contributed by atoms with E-state index in [2.05, 4.69) is 25.2 Å². The fraction of sp³-hybridized carbons (Fsp3) is 0.875. The molecule has 0 amide bonds. The molecule has 0 spiro atoms. The standard InChI is InChI=1S/C32H59/c1-2-3-4-5-6-7-8-9-10-11-12-13-14-15-16-17-18-19-20-21-22-23-24-25-26-29-32-30-27-28-31-32/h27,30H,2-26,28-29H2,1H3. The summed E-state index contributed by atoms with van der Waals surface area (Å²) >= 11 is 0. The zero-order valence-electron chi connectivity index (χ0n) is 22.2. The molecule has 0 aromatic heterocycles. The Labute approximate surface area is 204 Å². The third-order valence-corrected chi connectivity index (χ3v) is 7.32. The Morgan fingerprint density at radius 3 is 1.06 bits per heavy atom. The van der Waals surface area contributed by atoms with Crippen molar-refractivity contribution in [3.63, 3.8) is 0 Å². The van der Waals surface area contributed by atoms with Crippen molar-refractivity contribution in [2.75, 3.05) is 0 Å². The lowest BCUT2D eigenvalue weighted by atomic mass is 10.0. The molecule has 0 heteroatoms. The van der Waals surface area contributed by atoms with Crippen molar-refractivity contribution in [1.29, 1.82) is 0 Å². The lowest BCUT2D eigenvalue weighted by Crippen LogP contribution is -1.85. The highest BCUT2D eigenvalue weighted by Gasteiger charge is 1.99. The molecule has 0 atom stereocenters. The van der Waals surface area contributed by atoms with Gasteiger partial charge in [-0.25, -0.2) is 0 Å². The van der Waals surface area contributed by atoms with Crippen LogP contribution in [0.1, 0.15) is 180 Å². The first-order valence-electron chi connectivity index (χ1n) is 15.2. The van der Waals surface area contributed by atoms with Gasteiger partial charge in [-0.15, -0.1) is 0 Å². The van der Waals surface area contributed by atoms with E-state index in [9.17, 15) is 0 Å². The Kier molecular flexibility index (Phi) is 23.2. The minimum atomic E-state index is 1.05. The smallest absolute Gasteiger partial charge is 0.00885 e. The third-order valence-electron chi connectivity index (χ3n) is 7.32. The highest BCUT2D eigenvalue weighted by Crippen LogP contribution is 2.18. The molecule has 0 nitrogen and oxygen atoms in total. The van der Waals surface area contributed by atoms with Crippen LogP contribution in [0, 0.1) is 6.08 Å². The summed E-state index contributed by atoms with van der Waals surface area (Å²) < 4.78 is 0. The second kappa shape index (κ2) is 25.1. The Balaban J connectivity index is 1.62. The molecule has 0 unspecified atom stereocenters. The lowest BCUT2D eigenvalue weighted by Gasteiger charge is -2.04. The van der Waals surface area contributed by atoms with Gasteiger partial charge in [-0.2, -0.15) is 0 Å². The monoisotopic (exact) mass is 443 g/mol. The number of allylic oxidation sites excluding steroid dienone is 4. The van der Waals surface area contributed by atoms with Gasteiger partial charge in [0.2, 0.25) is 0 Å². The molecular weight excluding hydrogens is 384 g/mol. The van der Waals surface area contributed by atoms with E-state index in [4.69, 9.17) is 0 Å². The molecule has 0 aromatic carbocycles. The molecule has 187 valence electrons. The summed E-state index contributed by atoms with van der Waals surface area (Å²) in [5.74, 6) is 0. The van der Waals surface area contributed by atoms with Gasteiger partial charge in [-0.1, -0.05) is 173 Å². The Morgan fingerprint density at radius 1 is 0.469 bits per heavy atom. The van der Waals surface area contributed by atoms with E-state index < -0.39 is 0 Å². The van der Waals surface area contributed by atoms with Crippen LogP contribution < -0.4 is 0 Å². The molecule has 0 saturated carbocycles. The van der Waals surface area contributed by atoms with Crippen molar-refractivity contribution in [3.8, 4) is 0 Å². The van der Waals surface area contributed by atoms with Gasteiger partial charge in [0.05, 0.1) is 0 Å². The molecule has 0 heterocycles. The van der Waals surface area contributed by atoms with Crippen LogP contribution in [0.3, 0.4) is 0 Å². The van der Waals surface area contributed by atoms with Crippen molar-refractivity contribution < 1.29 is 0 Å². The molecule has 1 rings (SSSR count). The number of rotatable bonds is 26. The summed E-state index contributed by atoms with van der Waals surface area (Å²) in [5.41, 5.74) is 1.46. The van der Waals surface area contributed by atoms with Crippen LogP contribution in [0.15, 0.2) is 17.7 Å². The van der Waals surface area contributed by atoms with Crippen molar-refractivity contribution in [1.82, 2.24) is 0 Å². The normalized spacial score (nSPS) is 13.2. The molecule has 0 bridgehead atoms. The van der Waals surface area contributed by atoms with Gasteiger partial charge in [0.25, 0.3) is 0 Å². The maximum Gasteiger partial charge on any atom is -0.00885 e. The fourth-order valence-corrected chi connectivity index (χ4v) is 5.08. The van der Waals surface area contributed by atoms with E-state index in [1.165, 1.54) is 173 Å². The first-order valence-corrected chi connectivity index (χ1v) is 15.2. The maximum atomic E-state index is 3.43. The number of hydrogen-bond donors (Lipinski definition) is 0. The van der Waals surface area contributed by atoms with Crippen molar-refractivity contribution in [3.05, 3.63) is 23.8 Å². The zero-order valence-corrected chi connectivity index (χ0v) is 22.2. The molecular formula is C32H59. The molecule has 0 aliphatic heterocycles. The van der Waals surface area contributed by atoms with Crippen LogP contribution >= 0.6 is 0 Å². The van der Waals surface area contributed by atoms with Gasteiger partial charge in [-0.05, 0) is 30.9 Å². The second-order valence-electron chi connectivity index (χ2n) is 10.5. The summed E-state index contributed by atoms with van der Waals surface area (Å²) in [6.45, 7) is 2.30. The van der Waals surface area contributed by atoms with Gasteiger partial charge < -0.3 is 0 Å². The van der Waals surface area contributed by atoms with Crippen LogP contribution in [0.2, 0.25) is 0 Å². The van der Waals surface area contributed by atoms with E-state index in [0.717, 1.165) is 6.42 Å². The van der Waals surface area contributed by atoms with E-state index in [-0.39, 0.29) is 0 Å². The minimum absolute atomic E-state index is 1.05. The summed E-state index contributed by atoms with van der Waals surface area (Å²) in [6, 6.07) is 0. The van der Waals surface area contributed by atoms with Crippen LogP contribution in [-0.2, 0) is 0 Å². The SMILES string of the molecule is CCCCCCCCCCCCCCCCCCCCCCCCCCCC1=[C]CC=C1. The Morgan fingerprint density at radius 2 is 0.781 bits per heavy atom. The van der Waals surface area contributed by atoms with Gasteiger partial charge in [0, 0.05) is 0 Å². The molecule has 0 saturated heterocycles. The maximum absolute atomic E-state index is 3.43. The number of hydrogen-bond acceptors (Lipinski definition) is 0. The highest BCUT2D eigenvalue weighted by molar-refractivity contribution is 5.21. The molecule has 1 aliphatic rings. The molecule has 1 radical (unpaired) electrons. The summed E-state index contributed by atoms with van der Waals surface area (Å²) in [6.07, 6.45) is 46.9. The average molecular weight is 444 g/mol. The first-order chi connectivity index (χ1) is 15.9. The quantitative estimate of drug-likeness (QED) is 0.117.